The number of rotatable bonds is 6. The molecule has 10 heteroatoms. The van der Waals surface area contributed by atoms with Gasteiger partial charge in [-0.1, -0.05) is 6.92 Å². The van der Waals surface area contributed by atoms with Gasteiger partial charge in [-0.05, 0) is 26.3 Å². The van der Waals surface area contributed by atoms with E-state index in [1.165, 1.54) is 0 Å². The summed E-state index contributed by atoms with van der Waals surface area (Å²) >= 11 is 0. The lowest BCUT2D eigenvalue weighted by Crippen LogP contribution is -2.58. The lowest BCUT2D eigenvalue weighted by molar-refractivity contribution is -0.373. The summed E-state index contributed by atoms with van der Waals surface area (Å²) in [4.78, 5) is 11.9. The van der Waals surface area contributed by atoms with E-state index in [-0.39, 0.29) is 6.04 Å². The van der Waals surface area contributed by atoms with Gasteiger partial charge in [-0.3, -0.25) is 4.79 Å². The molecule has 1 fully saturated rings. The van der Waals surface area contributed by atoms with Crippen molar-refractivity contribution in [1.29, 1.82) is 0 Å². The lowest BCUT2D eigenvalue weighted by atomic mass is 9.89. The minimum Gasteiger partial charge on any atom is -0.462 e. The molecule has 0 aromatic rings. The van der Waals surface area contributed by atoms with E-state index in [0.717, 1.165) is 6.92 Å². The number of carbonyl (C=O) groups excluding carboxylic acids is 1. The summed E-state index contributed by atoms with van der Waals surface area (Å²) in [7, 11) is 0. The number of nitrogens with one attached hydrogen (secondary N) is 1. The third-order valence-electron chi connectivity index (χ3n) is 3.93. The number of ether oxygens (including phenoxy) is 1. The van der Waals surface area contributed by atoms with Gasteiger partial charge in [0.2, 0.25) is 0 Å². The molecule has 23 heavy (non-hydrogen) atoms. The van der Waals surface area contributed by atoms with Gasteiger partial charge in [0.25, 0.3) is 5.60 Å². The topological polar surface area (TPSA) is 58.6 Å². The number of alkyl halides is 6. The van der Waals surface area contributed by atoms with Crippen molar-refractivity contribution in [3.8, 4) is 0 Å². The average molecular weight is 351 g/mol. The van der Waals surface area contributed by atoms with Gasteiger partial charge >= 0.3 is 18.3 Å². The van der Waals surface area contributed by atoms with Crippen LogP contribution in [0.1, 0.15) is 33.1 Å². The van der Waals surface area contributed by atoms with Crippen molar-refractivity contribution in [2.24, 2.45) is 5.92 Å². The Hall–Kier alpha value is -1.03. The summed E-state index contributed by atoms with van der Waals surface area (Å²) in [5.74, 6) is -1.51. The van der Waals surface area contributed by atoms with Crippen molar-refractivity contribution >= 4 is 5.97 Å². The highest BCUT2D eigenvalue weighted by Crippen LogP contribution is 2.46. The Morgan fingerprint density at radius 3 is 2.04 bits per heavy atom. The molecular weight excluding hydrogens is 332 g/mol. The summed E-state index contributed by atoms with van der Waals surface area (Å²) in [6.45, 7) is 3.24. The minimum atomic E-state index is -5.92. The highest BCUT2D eigenvalue weighted by Gasteiger charge is 2.70. The van der Waals surface area contributed by atoms with Crippen LogP contribution in [0.2, 0.25) is 0 Å². The van der Waals surface area contributed by atoms with Crippen LogP contribution in [0.5, 0.6) is 0 Å². The van der Waals surface area contributed by atoms with E-state index >= 15 is 0 Å². The van der Waals surface area contributed by atoms with Crippen LogP contribution in [0.15, 0.2) is 0 Å². The van der Waals surface area contributed by atoms with Crippen LogP contribution in [0.25, 0.3) is 0 Å². The zero-order valence-electron chi connectivity index (χ0n) is 12.6. The van der Waals surface area contributed by atoms with Gasteiger partial charge in [0, 0.05) is 12.5 Å². The molecule has 0 spiro atoms. The largest absolute Gasteiger partial charge is 0.462 e. The number of hydrogen-bond acceptors (Lipinski definition) is 4. The lowest BCUT2D eigenvalue weighted by Gasteiger charge is -2.36. The summed E-state index contributed by atoms with van der Waals surface area (Å²) in [5.41, 5.74) is -4.92. The first-order chi connectivity index (χ1) is 10.3. The van der Waals surface area contributed by atoms with Crippen LogP contribution < -0.4 is 5.32 Å². The second-order valence-electron chi connectivity index (χ2n) is 5.67. The van der Waals surface area contributed by atoms with Gasteiger partial charge in [0.1, 0.15) is 6.10 Å². The maximum absolute atomic E-state index is 12.6. The van der Waals surface area contributed by atoms with Gasteiger partial charge in [-0.15, -0.1) is 0 Å². The first-order valence-corrected chi connectivity index (χ1v) is 7.13. The zero-order valence-corrected chi connectivity index (χ0v) is 12.6. The van der Waals surface area contributed by atoms with Crippen LogP contribution in [0, 0.1) is 5.92 Å². The molecule has 136 valence electrons. The predicted octanol–water partition coefficient (Wildman–Crippen LogP) is 2.55. The number of halogens is 6. The molecule has 0 aromatic carbocycles. The fourth-order valence-electron chi connectivity index (χ4n) is 2.41. The number of carbonyl (C=O) groups is 1. The van der Waals surface area contributed by atoms with Crippen molar-refractivity contribution in [3.05, 3.63) is 0 Å². The quantitative estimate of drug-likeness (QED) is 0.570. The van der Waals surface area contributed by atoms with Gasteiger partial charge in [0.15, 0.2) is 0 Å². The molecule has 1 heterocycles. The van der Waals surface area contributed by atoms with E-state index in [0.29, 0.717) is 19.4 Å². The molecule has 1 rings (SSSR count). The Bertz CT molecular complexity index is 405. The third-order valence-corrected chi connectivity index (χ3v) is 3.93. The van der Waals surface area contributed by atoms with E-state index in [9.17, 15) is 31.1 Å². The van der Waals surface area contributed by atoms with E-state index < -0.39 is 42.4 Å². The second kappa shape index (κ2) is 6.84. The van der Waals surface area contributed by atoms with E-state index in [4.69, 9.17) is 9.84 Å². The van der Waals surface area contributed by atoms with E-state index in [1.807, 2.05) is 0 Å². The molecule has 0 amide bonds. The first kappa shape index (κ1) is 20.0. The van der Waals surface area contributed by atoms with Gasteiger partial charge in [-0.25, -0.2) is 0 Å². The molecule has 1 aliphatic heterocycles. The van der Waals surface area contributed by atoms with Crippen LogP contribution in [0.3, 0.4) is 0 Å². The molecule has 1 saturated heterocycles. The second-order valence-corrected chi connectivity index (χ2v) is 5.67. The molecule has 0 aliphatic carbocycles. The molecule has 3 atom stereocenters. The van der Waals surface area contributed by atoms with Crippen molar-refractivity contribution in [2.45, 2.75) is 63.2 Å². The summed E-state index contributed by atoms with van der Waals surface area (Å²) in [6, 6.07) is -0.191. The molecule has 1 aliphatic rings. The van der Waals surface area contributed by atoms with E-state index in [2.05, 4.69) is 5.32 Å². The Balaban J connectivity index is 2.76. The van der Waals surface area contributed by atoms with Crippen LogP contribution in [-0.2, 0) is 9.53 Å². The predicted molar refractivity (Wildman–Crippen MR) is 67.4 cm³/mol. The van der Waals surface area contributed by atoms with Crippen molar-refractivity contribution in [1.82, 2.24) is 5.32 Å². The normalized spacial score (nSPS) is 22.2. The summed E-state index contributed by atoms with van der Waals surface area (Å²) < 4.78 is 80.3. The fourth-order valence-corrected chi connectivity index (χ4v) is 2.41. The van der Waals surface area contributed by atoms with Gasteiger partial charge < -0.3 is 15.2 Å². The molecular formula is C13H19F6NO3. The highest BCUT2D eigenvalue weighted by molar-refractivity contribution is 5.73. The average Bonchev–Trinajstić information content (AvgIpc) is 2.29. The maximum Gasteiger partial charge on any atom is 0.426 e. The first-order valence-electron chi connectivity index (χ1n) is 7.13. The Morgan fingerprint density at radius 1 is 1.26 bits per heavy atom. The van der Waals surface area contributed by atoms with Crippen molar-refractivity contribution in [3.63, 3.8) is 0 Å². The maximum atomic E-state index is 12.6. The molecule has 0 radical (unpaired) electrons. The number of esters is 1. The highest BCUT2D eigenvalue weighted by atomic mass is 19.4. The monoisotopic (exact) mass is 351 g/mol. The Labute approximate surface area is 129 Å². The standard InChI is InChI=1S/C13H19F6NO3/c1-3-8(9-4-5-20-9)10(21)23-7(2)6-11(22,12(14,15)16)13(17,18)19/h7-9,20,22H,3-6H2,1-2H3. The van der Waals surface area contributed by atoms with E-state index in [1.54, 1.807) is 6.92 Å². The van der Waals surface area contributed by atoms with Gasteiger partial charge in [0.05, 0.1) is 5.92 Å². The van der Waals surface area contributed by atoms with Gasteiger partial charge in [-0.2, -0.15) is 26.3 Å². The Morgan fingerprint density at radius 2 is 1.74 bits per heavy atom. The smallest absolute Gasteiger partial charge is 0.426 e. The molecule has 0 aromatic heterocycles. The summed E-state index contributed by atoms with van der Waals surface area (Å²) in [5, 5.41) is 12.0. The molecule has 3 unspecified atom stereocenters. The van der Waals surface area contributed by atoms with Crippen LogP contribution in [-0.4, -0.2) is 47.7 Å². The molecule has 0 saturated carbocycles. The SMILES string of the molecule is CCC(C(=O)OC(C)CC(O)(C(F)(F)F)C(F)(F)F)C1CCN1. The number of hydrogen-bond donors (Lipinski definition) is 2. The third kappa shape index (κ3) is 4.28. The minimum absolute atomic E-state index is 0.191. The zero-order chi connectivity index (χ0) is 18.1. The Kier molecular flexibility index (Phi) is 5.95. The summed E-state index contributed by atoms with van der Waals surface area (Å²) in [6.07, 6.45) is -14.4. The van der Waals surface area contributed by atoms with Crippen LogP contribution >= 0.6 is 0 Å². The fraction of sp³-hybridized carbons (Fsp3) is 0.923. The van der Waals surface area contributed by atoms with Crippen molar-refractivity contribution in [2.75, 3.05) is 6.54 Å². The van der Waals surface area contributed by atoms with Crippen LogP contribution in [0.4, 0.5) is 26.3 Å². The molecule has 0 bridgehead atoms. The molecule has 2 N–H and O–H groups in total. The molecule has 4 nitrogen and oxygen atoms in total. The number of aliphatic hydroxyl groups is 1. The van der Waals surface area contributed by atoms with Crippen molar-refractivity contribution < 1.29 is 41.0 Å².